The fourth-order valence-corrected chi connectivity index (χ4v) is 5.10. The largest absolute Gasteiger partial charge is 0.342 e. The molecular weight excluding hydrogens is 486 g/mol. The number of pyridine rings is 1. The number of hydrogen-bond acceptors (Lipinski definition) is 5. The summed E-state index contributed by atoms with van der Waals surface area (Å²) in [5, 5.41) is 6.91. The molecule has 3 heterocycles. The number of hydrogen-bond donors (Lipinski definition) is 2. The minimum absolute atomic E-state index is 0.0612. The Balaban J connectivity index is 1.28. The van der Waals surface area contributed by atoms with Gasteiger partial charge in [0.15, 0.2) is 0 Å². The standard InChI is InChI=1S/C29H31ClN5O2/c30-23-10-8-21(9-11-23)19-26(33-28(36)27-25-7-2-1-5-22(25)12-14-32-27)29(37)35-17-15-34(16-18-35)20-24-6-3-4-13-31-24/h1-11,13-14,26-27,32H,12,15-20H2,(H,33,36)/t26-,27?/m1/s1. The molecular formula is C29H31ClN5O2. The molecule has 3 aromatic rings. The van der Waals surface area contributed by atoms with Gasteiger partial charge < -0.3 is 10.2 Å². The summed E-state index contributed by atoms with van der Waals surface area (Å²) in [5.41, 5.74) is 4.03. The molecule has 8 heteroatoms. The quantitative estimate of drug-likeness (QED) is 0.504. The Labute approximate surface area is 222 Å². The first-order chi connectivity index (χ1) is 18.1. The van der Waals surface area contributed by atoms with Gasteiger partial charge in [-0.3, -0.25) is 24.8 Å². The van der Waals surface area contributed by atoms with Crippen LogP contribution >= 0.6 is 11.6 Å². The number of rotatable bonds is 7. The number of benzene rings is 2. The maximum atomic E-state index is 13.7. The monoisotopic (exact) mass is 516 g/mol. The van der Waals surface area contributed by atoms with Crippen molar-refractivity contribution in [1.29, 1.82) is 0 Å². The third-order valence-electron chi connectivity index (χ3n) is 7.00. The first kappa shape index (κ1) is 25.4. The number of amides is 2. The van der Waals surface area contributed by atoms with Crippen molar-refractivity contribution in [1.82, 2.24) is 25.4 Å². The van der Waals surface area contributed by atoms with Gasteiger partial charge in [-0.2, -0.15) is 0 Å². The number of nitrogens with zero attached hydrogens (tertiary/aromatic N) is 3. The highest BCUT2D eigenvalue weighted by Crippen LogP contribution is 2.24. The molecule has 2 aliphatic rings. The van der Waals surface area contributed by atoms with Crippen molar-refractivity contribution < 1.29 is 9.59 Å². The van der Waals surface area contributed by atoms with Crippen molar-refractivity contribution in [3.05, 3.63) is 107 Å². The molecule has 1 saturated heterocycles. The van der Waals surface area contributed by atoms with Crippen LogP contribution in [0.1, 0.15) is 28.4 Å². The number of nitrogens with one attached hydrogen (secondary N) is 2. The van der Waals surface area contributed by atoms with Crippen molar-refractivity contribution in [2.24, 2.45) is 0 Å². The SMILES string of the molecule is O=C(N[C@H](Cc1ccc(Cl)cc1)C(=O)N1CCN(Cc2ccccn2)CC1)C1N[CH]Cc2ccccc21. The molecule has 2 amide bonds. The van der Waals surface area contributed by atoms with Crippen LogP contribution in [0.3, 0.4) is 0 Å². The van der Waals surface area contributed by atoms with Gasteiger partial charge >= 0.3 is 0 Å². The van der Waals surface area contributed by atoms with Crippen LogP contribution in [0.15, 0.2) is 72.9 Å². The van der Waals surface area contributed by atoms with E-state index in [0.29, 0.717) is 24.5 Å². The van der Waals surface area contributed by atoms with Gasteiger partial charge in [-0.15, -0.1) is 0 Å². The van der Waals surface area contributed by atoms with Crippen LogP contribution in [0.25, 0.3) is 0 Å². The summed E-state index contributed by atoms with van der Waals surface area (Å²) in [6, 6.07) is 20.1. The maximum absolute atomic E-state index is 13.7. The average Bonchev–Trinajstić information content (AvgIpc) is 2.94. The van der Waals surface area contributed by atoms with E-state index >= 15 is 0 Å². The maximum Gasteiger partial charge on any atom is 0.245 e. The van der Waals surface area contributed by atoms with E-state index in [4.69, 9.17) is 11.6 Å². The first-order valence-corrected chi connectivity index (χ1v) is 13.1. The predicted molar refractivity (Wildman–Crippen MR) is 144 cm³/mol. The molecule has 0 aliphatic carbocycles. The lowest BCUT2D eigenvalue weighted by atomic mass is 9.93. The molecule has 0 bridgehead atoms. The highest BCUT2D eigenvalue weighted by molar-refractivity contribution is 6.30. The third-order valence-corrected chi connectivity index (χ3v) is 7.25. The van der Waals surface area contributed by atoms with E-state index in [1.807, 2.05) is 78.2 Å². The molecule has 2 aliphatic heterocycles. The Bertz CT molecular complexity index is 1210. The Morgan fingerprint density at radius 3 is 2.51 bits per heavy atom. The zero-order valence-corrected chi connectivity index (χ0v) is 21.4. The Hall–Kier alpha value is -3.26. The van der Waals surface area contributed by atoms with E-state index < -0.39 is 12.1 Å². The molecule has 1 aromatic heterocycles. The number of carbonyl (C=O) groups excluding carboxylic acids is 2. The third kappa shape index (κ3) is 6.36. The van der Waals surface area contributed by atoms with E-state index in [2.05, 4.69) is 20.5 Å². The molecule has 0 saturated carbocycles. The fourth-order valence-electron chi connectivity index (χ4n) is 4.97. The van der Waals surface area contributed by atoms with Crippen molar-refractivity contribution in [3.8, 4) is 0 Å². The van der Waals surface area contributed by atoms with E-state index in [1.54, 1.807) is 6.20 Å². The molecule has 0 spiro atoms. The summed E-state index contributed by atoms with van der Waals surface area (Å²) >= 11 is 6.07. The molecule has 1 unspecified atom stereocenters. The smallest absolute Gasteiger partial charge is 0.245 e. The van der Waals surface area contributed by atoms with E-state index in [9.17, 15) is 9.59 Å². The topological polar surface area (TPSA) is 77.6 Å². The zero-order chi connectivity index (χ0) is 25.6. The number of halogens is 1. The van der Waals surface area contributed by atoms with Crippen molar-refractivity contribution >= 4 is 23.4 Å². The predicted octanol–water partition coefficient (Wildman–Crippen LogP) is 3.16. The van der Waals surface area contributed by atoms with Gasteiger partial charge in [0.2, 0.25) is 11.8 Å². The van der Waals surface area contributed by atoms with E-state index in [1.165, 1.54) is 0 Å². The van der Waals surface area contributed by atoms with Gasteiger partial charge in [0, 0.05) is 56.9 Å². The van der Waals surface area contributed by atoms with Gasteiger partial charge in [-0.05, 0) is 47.4 Å². The Morgan fingerprint density at radius 1 is 1.00 bits per heavy atom. The van der Waals surface area contributed by atoms with Crippen LogP contribution < -0.4 is 10.6 Å². The van der Waals surface area contributed by atoms with Crippen molar-refractivity contribution in [2.45, 2.75) is 31.5 Å². The summed E-state index contributed by atoms with van der Waals surface area (Å²) in [6.45, 7) is 5.40. The number of piperazine rings is 1. The summed E-state index contributed by atoms with van der Waals surface area (Å²) in [4.78, 5) is 35.8. The molecule has 2 atom stereocenters. The second kappa shape index (κ2) is 11.9. The summed E-state index contributed by atoms with van der Waals surface area (Å²) in [7, 11) is 0. The van der Waals surface area contributed by atoms with Gasteiger partial charge in [0.25, 0.3) is 0 Å². The van der Waals surface area contributed by atoms with Crippen LogP contribution in [0, 0.1) is 6.54 Å². The minimum atomic E-state index is -0.674. The van der Waals surface area contributed by atoms with E-state index in [-0.39, 0.29) is 11.8 Å². The second-order valence-electron chi connectivity index (χ2n) is 9.52. The van der Waals surface area contributed by atoms with E-state index in [0.717, 1.165) is 48.4 Å². The number of aromatic nitrogens is 1. The normalized spacial score (nSPS) is 18.6. The zero-order valence-electron chi connectivity index (χ0n) is 20.6. The Morgan fingerprint density at radius 2 is 1.76 bits per heavy atom. The van der Waals surface area contributed by atoms with Gasteiger partial charge in [-0.1, -0.05) is 54.1 Å². The van der Waals surface area contributed by atoms with Gasteiger partial charge in [0.1, 0.15) is 12.1 Å². The molecule has 1 fully saturated rings. The summed E-state index contributed by atoms with van der Waals surface area (Å²) < 4.78 is 0. The lowest BCUT2D eigenvalue weighted by Gasteiger charge is -2.37. The molecule has 7 nitrogen and oxygen atoms in total. The highest BCUT2D eigenvalue weighted by atomic mass is 35.5. The lowest BCUT2D eigenvalue weighted by Crippen LogP contribution is -2.56. The minimum Gasteiger partial charge on any atom is -0.342 e. The Kier molecular flexibility index (Phi) is 8.14. The fraction of sp³-hybridized carbons (Fsp3) is 0.310. The summed E-state index contributed by atoms with van der Waals surface area (Å²) in [6.07, 6.45) is 2.96. The molecule has 2 aromatic carbocycles. The van der Waals surface area contributed by atoms with Crippen molar-refractivity contribution in [2.75, 3.05) is 26.2 Å². The number of fused-ring (bicyclic) bond motifs is 1. The lowest BCUT2D eigenvalue weighted by molar-refractivity contribution is -0.138. The van der Waals surface area contributed by atoms with Crippen LogP contribution in [0.4, 0.5) is 0 Å². The van der Waals surface area contributed by atoms with Crippen molar-refractivity contribution in [3.63, 3.8) is 0 Å². The van der Waals surface area contributed by atoms with Gasteiger partial charge in [0.05, 0.1) is 5.69 Å². The molecule has 5 rings (SSSR count). The molecule has 2 N–H and O–H groups in total. The average molecular weight is 517 g/mol. The van der Waals surface area contributed by atoms with Crippen LogP contribution in [0.5, 0.6) is 0 Å². The summed E-state index contributed by atoms with van der Waals surface area (Å²) in [5.74, 6) is -0.265. The number of carbonyl (C=O) groups is 2. The molecule has 191 valence electrons. The first-order valence-electron chi connectivity index (χ1n) is 12.7. The molecule has 37 heavy (non-hydrogen) atoms. The van der Waals surface area contributed by atoms with Crippen LogP contribution in [-0.4, -0.2) is 58.8 Å². The molecule has 1 radical (unpaired) electrons. The van der Waals surface area contributed by atoms with Crippen LogP contribution in [-0.2, 0) is 29.0 Å². The second-order valence-corrected chi connectivity index (χ2v) is 9.96. The van der Waals surface area contributed by atoms with Crippen LogP contribution in [0.2, 0.25) is 5.02 Å². The highest BCUT2D eigenvalue weighted by Gasteiger charge is 2.33. The van der Waals surface area contributed by atoms with Gasteiger partial charge in [-0.25, -0.2) is 0 Å².